The number of allylic oxidation sites excluding steroid dienone is 1. The van der Waals surface area contributed by atoms with Crippen molar-refractivity contribution in [2.45, 2.75) is 33.6 Å². The van der Waals surface area contributed by atoms with Crippen LogP contribution in [0.25, 0.3) is 0 Å². The van der Waals surface area contributed by atoms with Crippen LogP contribution in [-0.4, -0.2) is 79.4 Å². The third kappa shape index (κ3) is 4.56. The van der Waals surface area contributed by atoms with Gasteiger partial charge in [-0.3, -0.25) is 14.5 Å². The molecule has 1 aliphatic heterocycles. The summed E-state index contributed by atoms with van der Waals surface area (Å²) in [6.45, 7) is 11.9. The Morgan fingerprint density at radius 1 is 1.19 bits per heavy atom. The molecule has 6 heteroatoms. The first-order chi connectivity index (χ1) is 15.3. The zero-order valence-corrected chi connectivity index (χ0v) is 20.0. The summed E-state index contributed by atoms with van der Waals surface area (Å²) in [7, 11) is 1.61. The van der Waals surface area contributed by atoms with Gasteiger partial charge in [0.1, 0.15) is 5.75 Å². The van der Waals surface area contributed by atoms with Crippen LogP contribution in [0.4, 0.5) is 0 Å². The van der Waals surface area contributed by atoms with Crippen molar-refractivity contribution in [3.8, 4) is 5.75 Å². The second kappa shape index (κ2) is 9.26. The van der Waals surface area contributed by atoms with Crippen molar-refractivity contribution < 1.29 is 14.3 Å². The lowest BCUT2D eigenvalue weighted by atomic mass is 9.49. The highest BCUT2D eigenvalue weighted by atomic mass is 16.5. The van der Waals surface area contributed by atoms with Crippen molar-refractivity contribution in [2.24, 2.45) is 17.3 Å². The van der Waals surface area contributed by atoms with Crippen LogP contribution in [0.5, 0.6) is 5.75 Å². The molecule has 2 fully saturated rings. The number of carbonyl (C=O) groups excluding carboxylic acids is 2. The highest BCUT2D eigenvalue weighted by Crippen LogP contribution is 2.59. The van der Waals surface area contributed by atoms with E-state index in [-0.39, 0.29) is 11.8 Å². The SMILES string of the molecule is COc1cccc(C(=O)N2CCN(CCN(CC3=CCC4CC3C4(C)C)C(C)=O)CC2)c1. The summed E-state index contributed by atoms with van der Waals surface area (Å²) >= 11 is 0. The predicted molar refractivity (Wildman–Crippen MR) is 126 cm³/mol. The van der Waals surface area contributed by atoms with Gasteiger partial charge in [0.15, 0.2) is 0 Å². The van der Waals surface area contributed by atoms with Gasteiger partial charge in [-0.05, 0) is 48.3 Å². The van der Waals surface area contributed by atoms with Gasteiger partial charge in [-0.25, -0.2) is 0 Å². The molecule has 1 saturated heterocycles. The minimum Gasteiger partial charge on any atom is -0.497 e. The Hall–Kier alpha value is -2.34. The lowest BCUT2D eigenvalue weighted by Gasteiger charge is -2.57. The van der Waals surface area contributed by atoms with Crippen molar-refractivity contribution in [3.63, 3.8) is 0 Å². The Balaban J connectivity index is 1.26. The first-order valence-electron chi connectivity index (χ1n) is 11.9. The number of nitrogens with zero attached hydrogens (tertiary/aromatic N) is 3. The van der Waals surface area contributed by atoms with Crippen molar-refractivity contribution >= 4 is 11.8 Å². The number of benzene rings is 1. The monoisotopic (exact) mass is 439 g/mol. The Bertz CT molecular complexity index is 886. The number of rotatable bonds is 7. The Kier molecular flexibility index (Phi) is 6.61. The Morgan fingerprint density at radius 3 is 2.56 bits per heavy atom. The van der Waals surface area contributed by atoms with Gasteiger partial charge in [-0.2, -0.15) is 0 Å². The van der Waals surface area contributed by atoms with E-state index in [0.29, 0.717) is 35.7 Å². The zero-order chi connectivity index (χ0) is 22.9. The van der Waals surface area contributed by atoms with Gasteiger partial charge in [0.25, 0.3) is 5.91 Å². The number of hydrogen-bond acceptors (Lipinski definition) is 4. The number of hydrogen-bond donors (Lipinski definition) is 0. The van der Waals surface area contributed by atoms with E-state index in [2.05, 4.69) is 24.8 Å². The van der Waals surface area contributed by atoms with E-state index < -0.39 is 0 Å². The van der Waals surface area contributed by atoms with Crippen LogP contribution in [0.3, 0.4) is 0 Å². The molecule has 2 amide bonds. The molecule has 174 valence electrons. The minimum atomic E-state index is 0.0552. The van der Waals surface area contributed by atoms with Crippen LogP contribution in [-0.2, 0) is 4.79 Å². The maximum absolute atomic E-state index is 12.8. The molecule has 6 nitrogen and oxygen atoms in total. The normalized spacial score (nSPS) is 24.4. The number of piperazine rings is 1. The van der Waals surface area contributed by atoms with Crippen molar-refractivity contribution in [2.75, 3.05) is 52.9 Å². The van der Waals surface area contributed by atoms with Gasteiger partial charge >= 0.3 is 0 Å². The van der Waals surface area contributed by atoms with Crippen LogP contribution in [0.15, 0.2) is 35.9 Å². The fourth-order valence-electron chi connectivity index (χ4n) is 5.60. The van der Waals surface area contributed by atoms with E-state index in [4.69, 9.17) is 4.74 Å². The predicted octanol–water partition coefficient (Wildman–Crippen LogP) is 3.29. The average molecular weight is 440 g/mol. The zero-order valence-electron chi connectivity index (χ0n) is 20.0. The molecule has 1 heterocycles. The summed E-state index contributed by atoms with van der Waals surface area (Å²) in [5, 5.41) is 0. The van der Waals surface area contributed by atoms with Crippen molar-refractivity contribution in [1.29, 1.82) is 0 Å². The molecule has 0 radical (unpaired) electrons. The second-order valence-corrected chi connectivity index (χ2v) is 10.1. The largest absolute Gasteiger partial charge is 0.497 e. The molecule has 1 saturated carbocycles. The molecule has 4 aliphatic rings. The van der Waals surface area contributed by atoms with Crippen LogP contribution in [0, 0.1) is 17.3 Å². The molecule has 32 heavy (non-hydrogen) atoms. The van der Waals surface area contributed by atoms with Gasteiger partial charge < -0.3 is 14.5 Å². The molecule has 5 rings (SSSR count). The standard InChI is InChI=1S/C26H37N3O3/c1-19(30)29(18-21-8-9-22-17-24(21)26(22,2)3)15-12-27-10-13-28(14-11-27)25(31)20-6-5-7-23(16-20)32-4/h5-8,16,22,24H,9-15,17-18H2,1-4H3. The number of amides is 2. The van der Waals surface area contributed by atoms with Gasteiger partial charge in [0, 0.05) is 58.3 Å². The fourth-order valence-corrected chi connectivity index (χ4v) is 5.60. The first-order valence-corrected chi connectivity index (χ1v) is 11.9. The van der Waals surface area contributed by atoms with E-state index in [1.807, 2.05) is 28.0 Å². The van der Waals surface area contributed by atoms with E-state index in [1.54, 1.807) is 20.1 Å². The van der Waals surface area contributed by atoms with Gasteiger partial charge in [0.2, 0.25) is 5.91 Å². The quantitative estimate of drug-likeness (QED) is 0.612. The highest BCUT2D eigenvalue weighted by molar-refractivity contribution is 5.94. The van der Waals surface area contributed by atoms with E-state index >= 15 is 0 Å². The topological polar surface area (TPSA) is 53.1 Å². The summed E-state index contributed by atoms with van der Waals surface area (Å²) in [5.74, 6) is 2.36. The second-order valence-electron chi connectivity index (χ2n) is 10.1. The molecule has 0 spiro atoms. The van der Waals surface area contributed by atoms with Gasteiger partial charge in [-0.15, -0.1) is 0 Å². The maximum atomic E-state index is 12.8. The molecule has 0 aromatic heterocycles. The Labute approximate surface area is 192 Å². The third-order valence-corrected chi connectivity index (χ3v) is 8.06. The summed E-state index contributed by atoms with van der Waals surface area (Å²) in [6, 6.07) is 7.34. The number of ether oxygens (including phenoxy) is 1. The van der Waals surface area contributed by atoms with Crippen molar-refractivity contribution in [3.05, 3.63) is 41.5 Å². The van der Waals surface area contributed by atoms with Crippen LogP contribution in [0.1, 0.15) is 44.0 Å². The van der Waals surface area contributed by atoms with Crippen LogP contribution in [0.2, 0.25) is 0 Å². The van der Waals surface area contributed by atoms with Gasteiger partial charge in [0.05, 0.1) is 7.11 Å². The molecule has 2 bridgehead atoms. The minimum absolute atomic E-state index is 0.0552. The summed E-state index contributed by atoms with van der Waals surface area (Å²) in [4.78, 5) is 31.5. The maximum Gasteiger partial charge on any atom is 0.254 e. The molecule has 2 unspecified atom stereocenters. The van der Waals surface area contributed by atoms with E-state index in [9.17, 15) is 9.59 Å². The summed E-state index contributed by atoms with van der Waals surface area (Å²) < 4.78 is 5.24. The fraction of sp³-hybridized carbons (Fsp3) is 0.615. The number of carbonyl (C=O) groups is 2. The lowest BCUT2D eigenvalue weighted by molar-refractivity contribution is -0.129. The molecule has 3 aliphatic carbocycles. The van der Waals surface area contributed by atoms with Crippen molar-refractivity contribution in [1.82, 2.24) is 14.7 Å². The lowest BCUT2D eigenvalue weighted by Crippen LogP contribution is -2.52. The third-order valence-electron chi connectivity index (χ3n) is 8.06. The van der Waals surface area contributed by atoms with Gasteiger partial charge in [-0.1, -0.05) is 31.6 Å². The molecular weight excluding hydrogens is 402 g/mol. The molecule has 1 aromatic carbocycles. The average Bonchev–Trinajstić information content (AvgIpc) is 2.81. The first kappa shape index (κ1) is 22.8. The smallest absolute Gasteiger partial charge is 0.254 e. The summed E-state index contributed by atoms with van der Waals surface area (Å²) in [5.41, 5.74) is 2.52. The van der Waals surface area contributed by atoms with E-state index in [0.717, 1.165) is 45.1 Å². The highest BCUT2D eigenvalue weighted by Gasteiger charge is 2.51. The molecule has 1 aromatic rings. The molecule has 2 atom stereocenters. The molecule has 0 N–H and O–H groups in total. The number of fused-ring (bicyclic) bond motifs is 1. The number of methoxy groups -OCH3 is 1. The Morgan fingerprint density at radius 2 is 1.94 bits per heavy atom. The molecular formula is C26H37N3O3. The van der Waals surface area contributed by atoms with Crippen LogP contribution < -0.4 is 4.74 Å². The van der Waals surface area contributed by atoms with Crippen LogP contribution >= 0.6 is 0 Å². The summed E-state index contributed by atoms with van der Waals surface area (Å²) in [6.07, 6.45) is 4.84. The van der Waals surface area contributed by atoms with E-state index in [1.165, 1.54) is 12.0 Å².